The Morgan fingerprint density at radius 1 is 0.697 bits per heavy atom. The van der Waals surface area contributed by atoms with Gasteiger partial charge in [0.2, 0.25) is 0 Å². The molecule has 3 aromatic rings. The number of allylic oxidation sites excluding steroid dienone is 2. The molecule has 3 aromatic carbocycles. The van der Waals surface area contributed by atoms with Crippen LogP contribution in [-0.2, 0) is 9.31 Å². The summed E-state index contributed by atoms with van der Waals surface area (Å²) in [6, 6.07) is 15.5. The highest BCUT2D eigenvalue weighted by Crippen LogP contribution is 2.36. The van der Waals surface area contributed by atoms with Crippen molar-refractivity contribution in [1.29, 1.82) is 0 Å². The van der Waals surface area contributed by atoms with Crippen molar-refractivity contribution in [3.05, 3.63) is 76.2 Å². The zero-order valence-electron chi connectivity index (χ0n) is 19.8. The van der Waals surface area contributed by atoms with Crippen molar-refractivity contribution >= 4 is 47.7 Å². The van der Waals surface area contributed by atoms with Crippen LogP contribution < -0.4 is 15.9 Å². The summed E-state index contributed by atoms with van der Waals surface area (Å²) in [5, 5.41) is 5.39. The summed E-state index contributed by atoms with van der Waals surface area (Å²) in [4.78, 5) is 0. The lowest BCUT2D eigenvalue weighted by molar-refractivity contribution is 0.00578. The summed E-state index contributed by atoms with van der Waals surface area (Å²) in [5.41, 5.74) is 5.48. The minimum absolute atomic E-state index is 0.344. The molecule has 3 heteroatoms. The van der Waals surface area contributed by atoms with Gasteiger partial charge < -0.3 is 9.31 Å². The molecule has 0 unspecified atom stereocenters. The second kappa shape index (κ2) is 7.31. The molecule has 0 aromatic heterocycles. The monoisotopic (exact) mass is 432 g/mol. The lowest BCUT2D eigenvalue weighted by atomic mass is 9.78. The Morgan fingerprint density at radius 2 is 1.30 bits per heavy atom. The van der Waals surface area contributed by atoms with E-state index in [-0.39, 0.29) is 18.3 Å². The smallest absolute Gasteiger partial charge is 0.399 e. The third kappa shape index (κ3) is 3.26. The normalized spacial score (nSPS) is 19.7. The number of hydrogen-bond donors (Lipinski definition) is 0. The van der Waals surface area contributed by atoms with Crippen LogP contribution in [0.5, 0.6) is 0 Å². The van der Waals surface area contributed by atoms with Gasteiger partial charge in [-0.25, -0.2) is 0 Å². The zero-order chi connectivity index (χ0) is 22.8. The van der Waals surface area contributed by atoms with Gasteiger partial charge in [0.1, 0.15) is 0 Å². The van der Waals surface area contributed by atoms with Gasteiger partial charge in [-0.15, -0.1) is 0 Å². The number of fused-ring (bicyclic) bond motifs is 6. The molecule has 0 radical (unpaired) electrons. The van der Waals surface area contributed by atoms with Gasteiger partial charge in [0, 0.05) is 0 Å². The molecule has 1 fully saturated rings. The summed E-state index contributed by atoms with van der Waals surface area (Å²) in [6.07, 6.45) is 15.8. The van der Waals surface area contributed by atoms with E-state index in [9.17, 15) is 0 Å². The van der Waals surface area contributed by atoms with Crippen LogP contribution in [0.2, 0.25) is 0 Å². The van der Waals surface area contributed by atoms with Crippen molar-refractivity contribution in [2.45, 2.75) is 51.7 Å². The molecular formula is C30H29BO2. The van der Waals surface area contributed by atoms with Crippen molar-refractivity contribution in [1.82, 2.24) is 0 Å². The maximum atomic E-state index is 6.30. The quantitative estimate of drug-likeness (QED) is 0.519. The summed E-state index contributed by atoms with van der Waals surface area (Å²) < 4.78 is 12.6. The molecule has 0 N–H and O–H groups in total. The molecular weight excluding hydrogens is 403 g/mol. The van der Waals surface area contributed by atoms with Gasteiger partial charge in [0.05, 0.1) is 11.2 Å². The molecule has 164 valence electrons. The highest BCUT2D eigenvalue weighted by atomic mass is 16.7. The molecule has 6 rings (SSSR count). The fraction of sp³-hybridized carbons (Fsp3) is 0.267. The van der Waals surface area contributed by atoms with E-state index in [1.165, 1.54) is 43.5 Å². The summed E-state index contributed by atoms with van der Waals surface area (Å²) >= 11 is 0. The summed E-state index contributed by atoms with van der Waals surface area (Å²) in [7, 11) is -0.352. The highest BCUT2D eigenvalue weighted by molar-refractivity contribution is 6.62. The molecule has 3 aliphatic rings. The second-order valence-electron chi connectivity index (χ2n) is 10.3. The topological polar surface area (TPSA) is 18.5 Å². The Kier molecular flexibility index (Phi) is 4.59. The predicted octanol–water partition coefficient (Wildman–Crippen LogP) is 5.20. The Labute approximate surface area is 196 Å². The molecule has 1 aliphatic heterocycles. The van der Waals surface area contributed by atoms with E-state index in [2.05, 4.69) is 107 Å². The number of rotatable bonds is 2. The maximum absolute atomic E-state index is 6.30. The molecule has 33 heavy (non-hydrogen) atoms. The van der Waals surface area contributed by atoms with Crippen LogP contribution in [0.15, 0.2) is 54.6 Å². The molecule has 0 bridgehead atoms. The average molecular weight is 432 g/mol. The van der Waals surface area contributed by atoms with Gasteiger partial charge in [-0.3, -0.25) is 0 Å². The van der Waals surface area contributed by atoms with Gasteiger partial charge in [-0.2, -0.15) is 0 Å². The van der Waals surface area contributed by atoms with Gasteiger partial charge in [0.15, 0.2) is 0 Å². The van der Waals surface area contributed by atoms with Gasteiger partial charge >= 0.3 is 7.12 Å². The Bertz CT molecular complexity index is 1460. The van der Waals surface area contributed by atoms with E-state index in [0.29, 0.717) is 0 Å². The van der Waals surface area contributed by atoms with Crippen LogP contribution >= 0.6 is 0 Å². The first-order chi connectivity index (χ1) is 15.8. The summed E-state index contributed by atoms with van der Waals surface area (Å²) in [6.45, 7) is 8.39. The van der Waals surface area contributed by atoms with Gasteiger partial charge in [-0.1, -0.05) is 72.9 Å². The zero-order valence-corrected chi connectivity index (χ0v) is 19.8. The first-order valence-corrected chi connectivity index (χ1v) is 11.9. The molecule has 0 atom stereocenters. The largest absolute Gasteiger partial charge is 0.494 e. The van der Waals surface area contributed by atoms with Crippen LogP contribution in [0.3, 0.4) is 0 Å². The minimum Gasteiger partial charge on any atom is -0.399 e. The number of hydrogen-bond acceptors (Lipinski definition) is 2. The Morgan fingerprint density at radius 3 is 1.97 bits per heavy atom. The van der Waals surface area contributed by atoms with Crippen LogP contribution in [0, 0.1) is 0 Å². The van der Waals surface area contributed by atoms with E-state index in [4.69, 9.17) is 9.31 Å². The molecule has 2 aliphatic carbocycles. The number of benzene rings is 3. The fourth-order valence-corrected chi connectivity index (χ4v) is 5.15. The maximum Gasteiger partial charge on any atom is 0.494 e. The Balaban J connectivity index is 1.49. The standard InChI is InChI=1S/C30H29BO2/c1-29(2)30(3,4)33-31(32-29)22-11-9-10-20(18-22)21-16-17-27-25-14-6-5-12-23(25)24-13-7-8-15-26(24)28(27)19-21/h5,7,9-19H,6,8H2,1-4H3. The summed E-state index contributed by atoms with van der Waals surface area (Å²) in [5.74, 6) is 0. The first kappa shape index (κ1) is 20.7. The Hall–Kier alpha value is -2.88. The predicted molar refractivity (Wildman–Crippen MR) is 141 cm³/mol. The molecule has 0 spiro atoms. The molecule has 2 nitrogen and oxygen atoms in total. The van der Waals surface area contributed by atoms with Crippen LogP contribution in [0.1, 0.15) is 51.7 Å². The van der Waals surface area contributed by atoms with Crippen LogP contribution in [0.4, 0.5) is 0 Å². The van der Waals surface area contributed by atoms with Crippen molar-refractivity contribution in [2.75, 3.05) is 0 Å². The average Bonchev–Trinajstić information content (AvgIpc) is 3.06. The van der Waals surface area contributed by atoms with Gasteiger partial charge in [-0.05, 0) is 95.5 Å². The van der Waals surface area contributed by atoms with Crippen molar-refractivity contribution in [3.63, 3.8) is 0 Å². The van der Waals surface area contributed by atoms with Crippen LogP contribution in [-0.4, -0.2) is 18.3 Å². The lowest BCUT2D eigenvalue weighted by Gasteiger charge is -2.32. The molecule has 1 heterocycles. The van der Waals surface area contributed by atoms with E-state index >= 15 is 0 Å². The lowest BCUT2D eigenvalue weighted by Crippen LogP contribution is -2.41. The molecule has 1 saturated heterocycles. The third-order valence-corrected chi connectivity index (χ3v) is 7.70. The molecule has 0 saturated carbocycles. The van der Waals surface area contributed by atoms with Crippen molar-refractivity contribution < 1.29 is 9.31 Å². The van der Waals surface area contributed by atoms with E-state index in [1.807, 2.05) is 0 Å². The van der Waals surface area contributed by atoms with Gasteiger partial charge in [0.25, 0.3) is 0 Å². The van der Waals surface area contributed by atoms with Crippen LogP contribution in [0.25, 0.3) is 46.2 Å². The highest BCUT2D eigenvalue weighted by Gasteiger charge is 2.51. The first-order valence-electron chi connectivity index (χ1n) is 11.9. The fourth-order valence-electron chi connectivity index (χ4n) is 5.15. The second-order valence-corrected chi connectivity index (χ2v) is 10.3. The van der Waals surface area contributed by atoms with E-state index in [1.54, 1.807) is 0 Å². The SMILES string of the molecule is CC1(C)OB(c2cccc(-c3ccc4c5c(c6c(c4c3)=CCC=C6)C=CCC=5)c2)OC1(C)C. The van der Waals surface area contributed by atoms with E-state index in [0.717, 1.165) is 18.3 Å². The minimum atomic E-state index is -0.352. The van der Waals surface area contributed by atoms with Crippen molar-refractivity contribution in [2.24, 2.45) is 0 Å². The molecule has 0 amide bonds. The van der Waals surface area contributed by atoms with Crippen molar-refractivity contribution in [3.8, 4) is 11.1 Å². The third-order valence-electron chi connectivity index (χ3n) is 7.70. The van der Waals surface area contributed by atoms with E-state index < -0.39 is 0 Å².